The average Bonchev–Trinajstić information content (AvgIpc) is 2.56. The monoisotopic (exact) mass is 332 g/mol. The third kappa shape index (κ3) is 6.26. The van der Waals surface area contributed by atoms with Crippen LogP contribution in [-0.2, 0) is 4.74 Å². The molecule has 2 N–H and O–H groups in total. The molecule has 6 heteroatoms. The Kier molecular flexibility index (Phi) is 7.04. The van der Waals surface area contributed by atoms with Crippen molar-refractivity contribution in [2.24, 2.45) is 0 Å². The number of carbonyl (C=O) groups is 1. The Morgan fingerprint density at radius 1 is 1.12 bits per heavy atom. The molecule has 0 spiro atoms. The summed E-state index contributed by atoms with van der Waals surface area (Å²) in [7, 11) is 0. The van der Waals surface area contributed by atoms with E-state index in [0.717, 1.165) is 6.42 Å². The van der Waals surface area contributed by atoms with Gasteiger partial charge in [-0.1, -0.05) is 6.07 Å². The fourth-order valence-corrected chi connectivity index (χ4v) is 1.97. The summed E-state index contributed by atoms with van der Waals surface area (Å²) in [6.07, 6.45) is 0.766. The Morgan fingerprint density at radius 2 is 1.92 bits per heavy atom. The van der Waals surface area contributed by atoms with Crippen molar-refractivity contribution in [3.63, 3.8) is 0 Å². The van der Waals surface area contributed by atoms with Gasteiger partial charge in [0, 0.05) is 31.5 Å². The maximum absolute atomic E-state index is 13.1. The van der Waals surface area contributed by atoms with Gasteiger partial charge < -0.3 is 20.1 Å². The van der Waals surface area contributed by atoms with E-state index in [-0.39, 0.29) is 11.8 Å². The minimum absolute atomic E-state index is 0.273. The van der Waals surface area contributed by atoms with Gasteiger partial charge in [-0.25, -0.2) is 9.18 Å². The molecule has 2 rings (SSSR count). The summed E-state index contributed by atoms with van der Waals surface area (Å²) >= 11 is 0. The molecule has 2 aromatic carbocycles. The van der Waals surface area contributed by atoms with E-state index in [4.69, 9.17) is 9.47 Å². The molecule has 2 aromatic rings. The van der Waals surface area contributed by atoms with Gasteiger partial charge in [-0.15, -0.1) is 0 Å². The second kappa shape index (κ2) is 9.52. The molecule has 0 aliphatic carbocycles. The minimum atomic E-state index is -0.355. The summed E-state index contributed by atoms with van der Waals surface area (Å²) in [4.78, 5) is 11.7. The van der Waals surface area contributed by atoms with Crippen LogP contribution in [0.15, 0.2) is 48.5 Å². The predicted octanol–water partition coefficient (Wildman–Crippen LogP) is 4.17. The molecule has 0 saturated heterocycles. The summed E-state index contributed by atoms with van der Waals surface area (Å²) in [6.45, 7) is 3.79. The molecule has 24 heavy (non-hydrogen) atoms. The number of nitrogens with one attached hydrogen (secondary N) is 2. The molecule has 128 valence electrons. The van der Waals surface area contributed by atoms with Crippen LogP contribution in [0.3, 0.4) is 0 Å². The number of anilines is 1. The standard InChI is InChI=1S/C18H21FN2O3/c1-2-23-12-4-11-20-18(22)21-15-7-9-16(10-8-15)24-17-6-3-5-14(19)13-17/h3,5-10,13H,2,4,11-12H2,1H3,(H2,20,21,22). The summed E-state index contributed by atoms with van der Waals surface area (Å²) in [5.74, 6) is 0.623. The van der Waals surface area contributed by atoms with E-state index < -0.39 is 0 Å². The highest BCUT2D eigenvalue weighted by Gasteiger charge is 2.03. The zero-order chi connectivity index (χ0) is 17.2. The number of benzene rings is 2. The molecule has 0 aliphatic rings. The summed E-state index contributed by atoms with van der Waals surface area (Å²) in [5.41, 5.74) is 0.643. The molecule has 0 heterocycles. The fourth-order valence-electron chi connectivity index (χ4n) is 1.97. The van der Waals surface area contributed by atoms with Crippen molar-refractivity contribution in [1.29, 1.82) is 0 Å². The lowest BCUT2D eigenvalue weighted by Crippen LogP contribution is -2.30. The molecule has 0 aromatic heterocycles. The molecule has 5 nitrogen and oxygen atoms in total. The lowest BCUT2D eigenvalue weighted by molar-refractivity contribution is 0.145. The topological polar surface area (TPSA) is 59.6 Å². The quantitative estimate of drug-likeness (QED) is 0.713. The van der Waals surface area contributed by atoms with Gasteiger partial charge in [0.05, 0.1) is 0 Å². The van der Waals surface area contributed by atoms with Gasteiger partial charge in [0.25, 0.3) is 0 Å². The average molecular weight is 332 g/mol. The molecular formula is C18H21FN2O3. The molecule has 0 radical (unpaired) electrons. The van der Waals surface area contributed by atoms with Crippen molar-refractivity contribution in [1.82, 2.24) is 5.32 Å². The van der Waals surface area contributed by atoms with Crippen LogP contribution in [0.5, 0.6) is 11.5 Å². The van der Waals surface area contributed by atoms with Crippen LogP contribution in [0.25, 0.3) is 0 Å². The van der Waals surface area contributed by atoms with E-state index >= 15 is 0 Å². The number of hydrogen-bond acceptors (Lipinski definition) is 3. The van der Waals surface area contributed by atoms with Gasteiger partial charge in [0.15, 0.2) is 0 Å². The Bertz CT molecular complexity index is 647. The third-order valence-electron chi connectivity index (χ3n) is 3.10. The highest BCUT2D eigenvalue weighted by atomic mass is 19.1. The number of halogens is 1. The zero-order valence-corrected chi connectivity index (χ0v) is 13.5. The first-order valence-electron chi connectivity index (χ1n) is 7.83. The van der Waals surface area contributed by atoms with E-state index in [1.165, 1.54) is 12.1 Å². The first-order chi connectivity index (χ1) is 11.7. The van der Waals surface area contributed by atoms with E-state index in [1.54, 1.807) is 36.4 Å². The zero-order valence-electron chi connectivity index (χ0n) is 13.5. The molecule has 2 amide bonds. The van der Waals surface area contributed by atoms with Crippen molar-refractivity contribution < 1.29 is 18.7 Å². The van der Waals surface area contributed by atoms with Crippen LogP contribution in [0.4, 0.5) is 14.9 Å². The van der Waals surface area contributed by atoms with Crippen molar-refractivity contribution >= 4 is 11.7 Å². The number of rotatable bonds is 8. The van der Waals surface area contributed by atoms with E-state index in [1.807, 2.05) is 6.92 Å². The van der Waals surface area contributed by atoms with Gasteiger partial charge in [-0.05, 0) is 49.7 Å². The maximum Gasteiger partial charge on any atom is 0.319 e. The van der Waals surface area contributed by atoms with Crippen molar-refractivity contribution in [3.8, 4) is 11.5 Å². The lowest BCUT2D eigenvalue weighted by Gasteiger charge is -2.09. The highest BCUT2D eigenvalue weighted by molar-refractivity contribution is 5.89. The molecular weight excluding hydrogens is 311 g/mol. The molecule has 0 fully saturated rings. The van der Waals surface area contributed by atoms with Gasteiger partial charge in [-0.2, -0.15) is 0 Å². The van der Waals surface area contributed by atoms with Gasteiger partial charge in [0.2, 0.25) is 0 Å². The summed E-state index contributed by atoms with van der Waals surface area (Å²) < 4.78 is 23.8. The molecule has 0 bridgehead atoms. The van der Waals surface area contributed by atoms with Crippen LogP contribution in [0.2, 0.25) is 0 Å². The normalized spacial score (nSPS) is 10.2. The third-order valence-corrected chi connectivity index (χ3v) is 3.10. The largest absolute Gasteiger partial charge is 0.457 e. The Morgan fingerprint density at radius 3 is 2.62 bits per heavy atom. The Labute approximate surface area is 140 Å². The fraction of sp³-hybridized carbons (Fsp3) is 0.278. The van der Waals surface area contributed by atoms with Gasteiger partial charge >= 0.3 is 6.03 Å². The smallest absolute Gasteiger partial charge is 0.319 e. The van der Waals surface area contributed by atoms with E-state index in [2.05, 4.69) is 10.6 Å². The molecule has 0 saturated carbocycles. The van der Waals surface area contributed by atoms with Gasteiger partial charge in [0.1, 0.15) is 17.3 Å². The summed E-state index contributed by atoms with van der Waals surface area (Å²) in [5, 5.41) is 5.47. The lowest BCUT2D eigenvalue weighted by atomic mass is 10.3. The summed E-state index contributed by atoms with van der Waals surface area (Å²) in [6, 6.07) is 12.5. The van der Waals surface area contributed by atoms with E-state index in [9.17, 15) is 9.18 Å². The molecule has 0 unspecified atom stereocenters. The number of ether oxygens (including phenoxy) is 2. The maximum atomic E-state index is 13.1. The predicted molar refractivity (Wildman–Crippen MR) is 91.0 cm³/mol. The second-order valence-electron chi connectivity index (χ2n) is 5.02. The second-order valence-corrected chi connectivity index (χ2v) is 5.02. The number of carbonyl (C=O) groups excluding carboxylic acids is 1. The number of amides is 2. The van der Waals surface area contributed by atoms with Crippen molar-refractivity contribution in [2.75, 3.05) is 25.1 Å². The Hall–Kier alpha value is -2.60. The van der Waals surface area contributed by atoms with Crippen molar-refractivity contribution in [3.05, 3.63) is 54.3 Å². The first kappa shape index (κ1) is 17.7. The molecule has 0 aliphatic heterocycles. The highest BCUT2D eigenvalue weighted by Crippen LogP contribution is 2.23. The van der Waals surface area contributed by atoms with Crippen LogP contribution in [0.1, 0.15) is 13.3 Å². The SMILES string of the molecule is CCOCCCNC(=O)Nc1ccc(Oc2cccc(F)c2)cc1. The molecule has 0 atom stereocenters. The van der Waals surface area contributed by atoms with E-state index in [0.29, 0.717) is 36.9 Å². The number of hydrogen-bond donors (Lipinski definition) is 2. The van der Waals surface area contributed by atoms with Crippen LogP contribution in [0, 0.1) is 5.82 Å². The minimum Gasteiger partial charge on any atom is -0.457 e. The van der Waals surface area contributed by atoms with Crippen LogP contribution in [-0.4, -0.2) is 25.8 Å². The first-order valence-corrected chi connectivity index (χ1v) is 7.83. The van der Waals surface area contributed by atoms with Crippen LogP contribution >= 0.6 is 0 Å². The Balaban J connectivity index is 1.78. The van der Waals surface area contributed by atoms with Gasteiger partial charge in [-0.3, -0.25) is 0 Å². The van der Waals surface area contributed by atoms with Crippen LogP contribution < -0.4 is 15.4 Å². The van der Waals surface area contributed by atoms with Crippen molar-refractivity contribution in [2.45, 2.75) is 13.3 Å². The number of urea groups is 1.